The van der Waals surface area contributed by atoms with Crippen molar-refractivity contribution in [1.82, 2.24) is 4.90 Å². The molecule has 2 fully saturated rings. The van der Waals surface area contributed by atoms with E-state index in [4.69, 9.17) is 4.74 Å². The summed E-state index contributed by atoms with van der Waals surface area (Å²) in [6.45, 7) is 6.28. The standard InChI is InChI=1S/C20H26N2O4/c1-3-26-20(25)15-4-6-17(7-5-15)22-13-16(12-18(22)23)19(24)21-10-8-14(2)9-11-21/h4-7,14,16H,3,8-13H2,1-2H3. The van der Waals surface area contributed by atoms with Gasteiger partial charge in [0, 0.05) is 31.7 Å². The van der Waals surface area contributed by atoms with Crippen LogP contribution in [-0.4, -0.2) is 48.9 Å². The second-order valence-corrected chi connectivity index (χ2v) is 7.18. The maximum atomic E-state index is 12.7. The molecule has 2 aliphatic heterocycles. The lowest BCUT2D eigenvalue weighted by Crippen LogP contribution is -2.42. The van der Waals surface area contributed by atoms with Crippen LogP contribution in [0.2, 0.25) is 0 Å². The van der Waals surface area contributed by atoms with Gasteiger partial charge in [0.15, 0.2) is 0 Å². The Bertz CT molecular complexity index is 678. The van der Waals surface area contributed by atoms with Crippen molar-refractivity contribution < 1.29 is 19.1 Å². The maximum absolute atomic E-state index is 12.7. The summed E-state index contributed by atoms with van der Waals surface area (Å²) in [5.41, 5.74) is 1.17. The lowest BCUT2D eigenvalue weighted by Gasteiger charge is -2.32. The van der Waals surface area contributed by atoms with Gasteiger partial charge in [-0.25, -0.2) is 4.79 Å². The third-order valence-electron chi connectivity index (χ3n) is 5.26. The number of anilines is 1. The van der Waals surface area contributed by atoms with Crippen LogP contribution in [-0.2, 0) is 14.3 Å². The van der Waals surface area contributed by atoms with Gasteiger partial charge in [0.25, 0.3) is 0 Å². The molecule has 0 aliphatic carbocycles. The molecule has 1 unspecified atom stereocenters. The largest absolute Gasteiger partial charge is 0.462 e. The lowest BCUT2D eigenvalue weighted by atomic mass is 9.97. The van der Waals surface area contributed by atoms with Gasteiger partial charge in [-0.05, 0) is 49.9 Å². The highest BCUT2D eigenvalue weighted by atomic mass is 16.5. The number of carbonyl (C=O) groups is 3. The normalized spacial score (nSPS) is 21.2. The topological polar surface area (TPSA) is 66.9 Å². The number of esters is 1. The molecule has 2 aliphatic rings. The molecule has 0 aromatic heterocycles. The van der Waals surface area contributed by atoms with Crippen LogP contribution in [0.5, 0.6) is 0 Å². The quantitative estimate of drug-likeness (QED) is 0.776. The van der Waals surface area contributed by atoms with Gasteiger partial charge in [-0.3, -0.25) is 9.59 Å². The number of carbonyl (C=O) groups excluding carboxylic acids is 3. The monoisotopic (exact) mass is 358 g/mol. The average Bonchev–Trinajstić information content (AvgIpc) is 3.04. The van der Waals surface area contributed by atoms with Gasteiger partial charge in [-0.1, -0.05) is 6.92 Å². The number of benzene rings is 1. The van der Waals surface area contributed by atoms with E-state index in [-0.39, 0.29) is 30.1 Å². The minimum absolute atomic E-state index is 0.0439. The fourth-order valence-electron chi connectivity index (χ4n) is 3.60. The molecular weight excluding hydrogens is 332 g/mol. The summed E-state index contributed by atoms with van der Waals surface area (Å²) in [6.07, 6.45) is 2.32. The van der Waals surface area contributed by atoms with Gasteiger partial charge in [0.05, 0.1) is 18.1 Å². The van der Waals surface area contributed by atoms with Gasteiger partial charge in [-0.2, -0.15) is 0 Å². The molecule has 0 radical (unpaired) electrons. The van der Waals surface area contributed by atoms with Gasteiger partial charge in [0.2, 0.25) is 11.8 Å². The number of ether oxygens (including phenoxy) is 1. The Morgan fingerprint density at radius 2 is 1.81 bits per heavy atom. The Morgan fingerprint density at radius 3 is 2.42 bits per heavy atom. The van der Waals surface area contributed by atoms with E-state index in [1.807, 2.05) is 4.90 Å². The second kappa shape index (κ2) is 7.89. The zero-order valence-corrected chi connectivity index (χ0v) is 15.4. The molecule has 0 N–H and O–H groups in total. The first-order valence-corrected chi connectivity index (χ1v) is 9.36. The van der Waals surface area contributed by atoms with E-state index in [1.54, 1.807) is 36.1 Å². The summed E-state index contributed by atoms with van der Waals surface area (Å²) in [4.78, 5) is 40.4. The van der Waals surface area contributed by atoms with Crippen molar-refractivity contribution in [1.29, 1.82) is 0 Å². The molecule has 26 heavy (non-hydrogen) atoms. The summed E-state index contributed by atoms with van der Waals surface area (Å²) < 4.78 is 4.97. The van der Waals surface area contributed by atoms with Crippen molar-refractivity contribution in [3.05, 3.63) is 29.8 Å². The van der Waals surface area contributed by atoms with Gasteiger partial charge in [-0.15, -0.1) is 0 Å². The molecule has 2 heterocycles. The number of hydrogen-bond acceptors (Lipinski definition) is 4. The molecule has 1 aromatic carbocycles. The predicted molar refractivity (Wildman–Crippen MR) is 97.8 cm³/mol. The Hall–Kier alpha value is -2.37. The maximum Gasteiger partial charge on any atom is 0.338 e. The zero-order chi connectivity index (χ0) is 18.7. The average molecular weight is 358 g/mol. The number of likely N-dealkylation sites (tertiary alicyclic amines) is 1. The fourth-order valence-corrected chi connectivity index (χ4v) is 3.60. The summed E-state index contributed by atoms with van der Waals surface area (Å²) in [5, 5.41) is 0. The first-order chi connectivity index (χ1) is 12.5. The minimum atomic E-state index is -0.376. The highest BCUT2D eigenvalue weighted by Gasteiger charge is 2.37. The second-order valence-electron chi connectivity index (χ2n) is 7.18. The van der Waals surface area contributed by atoms with Gasteiger partial charge < -0.3 is 14.5 Å². The van der Waals surface area contributed by atoms with Crippen LogP contribution in [0, 0.1) is 11.8 Å². The SMILES string of the molecule is CCOC(=O)c1ccc(N2CC(C(=O)N3CCC(C)CC3)CC2=O)cc1. The van der Waals surface area contributed by atoms with E-state index < -0.39 is 0 Å². The van der Waals surface area contributed by atoms with Crippen molar-refractivity contribution in [2.75, 3.05) is 31.1 Å². The van der Waals surface area contributed by atoms with Crippen molar-refractivity contribution in [2.45, 2.75) is 33.1 Å². The summed E-state index contributed by atoms with van der Waals surface area (Å²) in [5.74, 6) is 0.0620. The summed E-state index contributed by atoms with van der Waals surface area (Å²) in [6, 6.07) is 6.78. The first kappa shape index (κ1) is 18.4. The molecule has 0 bridgehead atoms. The van der Waals surface area contributed by atoms with E-state index in [2.05, 4.69) is 6.92 Å². The molecule has 140 valence electrons. The minimum Gasteiger partial charge on any atom is -0.462 e. The van der Waals surface area contributed by atoms with Crippen molar-refractivity contribution in [3.8, 4) is 0 Å². The number of nitrogens with zero attached hydrogens (tertiary/aromatic N) is 2. The molecule has 2 amide bonds. The molecule has 1 aromatic rings. The Balaban J connectivity index is 1.64. The first-order valence-electron chi connectivity index (χ1n) is 9.36. The smallest absolute Gasteiger partial charge is 0.338 e. The van der Waals surface area contributed by atoms with Crippen LogP contribution in [0.4, 0.5) is 5.69 Å². The van der Waals surface area contributed by atoms with Crippen molar-refractivity contribution in [2.24, 2.45) is 11.8 Å². The molecule has 3 rings (SSSR count). The van der Waals surface area contributed by atoms with Gasteiger partial charge >= 0.3 is 5.97 Å². The van der Waals surface area contributed by atoms with E-state index in [0.29, 0.717) is 30.3 Å². The van der Waals surface area contributed by atoms with Crippen molar-refractivity contribution in [3.63, 3.8) is 0 Å². The van der Waals surface area contributed by atoms with Crippen LogP contribution >= 0.6 is 0 Å². The van der Waals surface area contributed by atoms with E-state index in [1.165, 1.54) is 0 Å². The summed E-state index contributed by atoms with van der Waals surface area (Å²) in [7, 11) is 0. The molecule has 6 nitrogen and oxygen atoms in total. The van der Waals surface area contributed by atoms with Crippen LogP contribution in [0.15, 0.2) is 24.3 Å². The van der Waals surface area contributed by atoms with Crippen LogP contribution in [0.3, 0.4) is 0 Å². The number of rotatable bonds is 4. The fraction of sp³-hybridized carbons (Fsp3) is 0.550. The zero-order valence-electron chi connectivity index (χ0n) is 15.4. The molecular formula is C20H26N2O4. The third kappa shape index (κ3) is 3.89. The predicted octanol–water partition coefficient (Wildman–Crippen LogP) is 2.47. The van der Waals surface area contributed by atoms with E-state index in [9.17, 15) is 14.4 Å². The molecule has 6 heteroatoms. The van der Waals surface area contributed by atoms with Crippen LogP contribution in [0.25, 0.3) is 0 Å². The number of hydrogen-bond donors (Lipinski definition) is 0. The Morgan fingerprint density at radius 1 is 1.15 bits per heavy atom. The highest BCUT2D eigenvalue weighted by molar-refractivity contribution is 6.00. The Kier molecular flexibility index (Phi) is 5.59. The van der Waals surface area contributed by atoms with Crippen molar-refractivity contribution >= 4 is 23.5 Å². The Labute approximate surface area is 154 Å². The van der Waals surface area contributed by atoms with Gasteiger partial charge in [0.1, 0.15) is 0 Å². The molecule has 1 atom stereocenters. The molecule has 0 spiro atoms. The summed E-state index contributed by atoms with van der Waals surface area (Å²) >= 11 is 0. The van der Waals surface area contributed by atoms with E-state index in [0.717, 1.165) is 25.9 Å². The van der Waals surface area contributed by atoms with Crippen LogP contribution < -0.4 is 4.90 Å². The van der Waals surface area contributed by atoms with Crippen LogP contribution in [0.1, 0.15) is 43.5 Å². The number of piperidine rings is 1. The lowest BCUT2D eigenvalue weighted by molar-refractivity contribution is -0.137. The molecule has 2 saturated heterocycles. The number of amides is 2. The van der Waals surface area contributed by atoms with E-state index >= 15 is 0 Å². The molecule has 0 saturated carbocycles. The third-order valence-corrected chi connectivity index (χ3v) is 5.26. The highest BCUT2D eigenvalue weighted by Crippen LogP contribution is 2.28.